The van der Waals surface area contributed by atoms with Gasteiger partial charge in [-0.15, -0.1) is 10.2 Å². The van der Waals surface area contributed by atoms with E-state index in [4.69, 9.17) is 15.2 Å². The van der Waals surface area contributed by atoms with E-state index in [9.17, 15) is 14.9 Å². The highest BCUT2D eigenvalue weighted by Gasteiger charge is 2.41. The number of methoxy groups -OCH3 is 2. The summed E-state index contributed by atoms with van der Waals surface area (Å²) in [7, 11) is 3.15. The van der Waals surface area contributed by atoms with Gasteiger partial charge in [0, 0.05) is 23.3 Å². The number of thioether (sulfide) groups is 1. The number of rotatable bonds is 8. The standard InChI is InChI=1S/C28H25N5O4S2/c1-36-18-11-9-16(10-12-18)23(35)15-38-28-32-31-27(39-28)33-21-7-4-8-22(34)25(21)24(20(14-29)26(33)30)17-5-3-6-19(13-17)37-2/h3,5-6,9-13,24H,4,7-8,15,30H2,1-2H3. The number of nitrogens with zero attached hydrogens (tertiary/aromatic N) is 4. The van der Waals surface area contributed by atoms with Crippen molar-refractivity contribution in [1.82, 2.24) is 10.2 Å². The molecule has 0 saturated heterocycles. The van der Waals surface area contributed by atoms with Crippen LogP contribution in [0.5, 0.6) is 11.5 Å². The molecular formula is C28H25N5O4S2. The van der Waals surface area contributed by atoms with Gasteiger partial charge in [-0.25, -0.2) is 0 Å². The van der Waals surface area contributed by atoms with Crippen LogP contribution in [0.15, 0.2) is 75.5 Å². The van der Waals surface area contributed by atoms with Gasteiger partial charge in [-0.05, 0) is 54.8 Å². The molecule has 0 saturated carbocycles. The minimum atomic E-state index is -0.590. The van der Waals surface area contributed by atoms with E-state index < -0.39 is 5.92 Å². The van der Waals surface area contributed by atoms with Crippen molar-refractivity contribution in [2.24, 2.45) is 5.73 Å². The molecule has 2 heterocycles. The lowest BCUT2D eigenvalue weighted by Gasteiger charge is -2.38. The molecule has 0 fully saturated rings. The normalized spacial score (nSPS) is 17.1. The summed E-state index contributed by atoms with van der Waals surface area (Å²) < 4.78 is 11.1. The number of aromatic nitrogens is 2. The SMILES string of the molecule is COc1ccc(C(=O)CSc2nnc(N3C(N)=C(C#N)C(c4cccc(OC)c4)C4=C3CCCC4=O)s2)cc1. The first-order chi connectivity index (χ1) is 18.9. The third-order valence-electron chi connectivity index (χ3n) is 6.67. The van der Waals surface area contributed by atoms with Crippen LogP contribution in [0.2, 0.25) is 0 Å². The Morgan fingerprint density at radius 3 is 2.64 bits per heavy atom. The van der Waals surface area contributed by atoms with Crippen LogP contribution in [0, 0.1) is 11.3 Å². The monoisotopic (exact) mass is 559 g/mol. The van der Waals surface area contributed by atoms with Gasteiger partial charge in [0.15, 0.2) is 15.9 Å². The molecule has 39 heavy (non-hydrogen) atoms. The van der Waals surface area contributed by atoms with Gasteiger partial charge < -0.3 is 15.2 Å². The Bertz CT molecular complexity index is 1540. The van der Waals surface area contributed by atoms with E-state index >= 15 is 0 Å². The largest absolute Gasteiger partial charge is 0.497 e. The number of hydrogen-bond donors (Lipinski definition) is 1. The molecule has 0 spiro atoms. The van der Waals surface area contributed by atoms with Crippen molar-refractivity contribution in [2.75, 3.05) is 24.9 Å². The van der Waals surface area contributed by atoms with Crippen LogP contribution in [0.4, 0.5) is 5.13 Å². The first-order valence-electron chi connectivity index (χ1n) is 12.2. The molecule has 0 radical (unpaired) electrons. The maximum absolute atomic E-state index is 13.3. The quantitative estimate of drug-likeness (QED) is 0.302. The maximum atomic E-state index is 13.3. The van der Waals surface area contributed by atoms with Gasteiger partial charge in [-0.1, -0.05) is 35.2 Å². The number of carbonyl (C=O) groups excluding carboxylic acids is 2. The van der Waals surface area contributed by atoms with E-state index in [0.29, 0.717) is 51.4 Å². The van der Waals surface area contributed by atoms with E-state index in [1.54, 1.807) is 43.4 Å². The van der Waals surface area contributed by atoms with E-state index in [1.165, 1.54) is 23.1 Å². The van der Waals surface area contributed by atoms with Gasteiger partial charge in [0.1, 0.15) is 17.3 Å². The molecule has 1 unspecified atom stereocenters. The minimum Gasteiger partial charge on any atom is -0.497 e. The van der Waals surface area contributed by atoms with Crippen molar-refractivity contribution in [3.8, 4) is 17.6 Å². The number of nitriles is 1. The summed E-state index contributed by atoms with van der Waals surface area (Å²) in [5.41, 5.74) is 9.53. The van der Waals surface area contributed by atoms with Crippen molar-refractivity contribution in [1.29, 1.82) is 5.26 Å². The molecule has 1 aliphatic carbocycles. The van der Waals surface area contributed by atoms with Crippen LogP contribution >= 0.6 is 23.1 Å². The highest BCUT2D eigenvalue weighted by atomic mass is 32.2. The van der Waals surface area contributed by atoms with Gasteiger partial charge in [-0.2, -0.15) is 5.26 Å². The van der Waals surface area contributed by atoms with Crippen molar-refractivity contribution < 1.29 is 19.1 Å². The molecule has 0 bridgehead atoms. The highest BCUT2D eigenvalue weighted by Crippen LogP contribution is 2.47. The second kappa shape index (κ2) is 11.3. The zero-order valence-corrected chi connectivity index (χ0v) is 23.0. The fraction of sp³-hybridized carbons (Fsp3) is 0.250. The van der Waals surface area contributed by atoms with Gasteiger partial charge in [0.25, 0.3) is 0 Å². The van der Waals surface area contributed by atoms with Crippen molar-refractivity contribution in [2.45, 2.75) is 29.5 Å². The molecule has 1 aromatic heterocycles. The maximum Gasteiger partial charge on any atom is 0.219 e. The fourth-order valence-corrected chi connectivity index (χ4v) is 6.57. The Morgan fingerprint density at radius 2 is 1.92 bits per heavy atom. The average Bonchev–Trinajstić information content (AvgIpc) is 3.43. The van der Waals surface area contributed by atoms with E-state index in [1.807, 2.05) is 24.3 Å². The van der Waals surface area contributed by atoms with E-state index in [0.717, 1.165) is 11.3 Å². The second-order valence-electron chi connectivity index (χ2n) is 8.88. The lowest BCUT2D eigenvalue weighted by molar-refractivity contribution is -0.116. The van der Waals surface area contributed by atoms with Crippen LogP contribution < -0.4 is 20.1 Å². The highest BCUT2D eigenvalue weighted by molar-refractivity contribution is 8.01. The van der Waals surface area contributed by atoms with Crippen LogP contribution in [0.1, 0.15) is 41.1 Å². The average molecular weight is 560 g/mol. The van der Waals surface area contributed by atoms with Crippen molar-refractivity contribution in [3.05, 3.63) is 82.3 Å². The first-order valence-corrected chi connectivity index (χ1v) is 14.0. The summed E-state index contributed by atoms with van der Waals surface area (Å²) in [5.74, 6) is 1.06. The molecule has 2 aromatic carbocycles. The Kier molecular flexibility index (Phi) is 7.67. The summed E-state index contributed by atoms with van der Waals surface area (Å²) in [4.78, 5) is 27.7. The zero-order valence-electron chi connectivity index (χ0n) is 21.3. The number of benzene rings is 2. The first kappa shape index (κ1) is 26.5. The van der Waals surface area contributed by atoms with Crippen LogP contribution in [-0.2, 0) is 4.79 Å². The molecule has 3 aromatic rings. The Labute approximate surface area is 233 Å². The van der Waals surface area contributed by atoms with Gasteiger partial charge in [0.2, 0.25) is 5.13 Å². The summed E-state index contributed by atoms with van der Waals surface area (Å²) >= 11 is 2.54. The number of nitrogens with two attached hydrogens (primary N) is 1. The number of hydrogen-bond acceptors (Lipinski definition) is 11. The van der Waals surface area contributed by atoms with Gasteiger partial charge in [0.05, 0.1) is 37.5 Å². The Balaban J connectivity index is 1.45. The lowest BCUT2D eigenvalue weighted by atomic mass is 9.76. The van der Waals surface area contributed by atoms with Crippen LogP contribution in [0.25, 0.3) is 0 Å². The minimum absolute atomic E-state index is 0.0153. The summed E-state index contributed by atoms with van der Waals surface area (Å²) in [6.45, 7) is 0. The van der Waals surface area contributed by atoms with Gasteiger partial charge >= 0.3 is 0 Å². The van der Waals surface area contributed by atoms with Crippen LogP contribution in [-0.4, -0.2) is 41.7 Å². The predicted molar refractivity (Wildman–Crippen MR) is 149 cm³/mol. The third kappa shape index (κ3) is 5.13. The zero-order chi connectivity index (χ0) is 27.5. The number of allylic oxidation sites excluding steroid dienone is 3. The lowest BCUT2D eigenvalue weighted by Crippen LogP contribution is -2.38. The number of anilines is 1. The predicted octanol–water partition coefficient (Wildman–Crippen LogP) is 4.84. The van der Waals surface area contributed by atoms with Crippen LogP contribution in [0.3, 0.4) is 0 Å². The van der Waals surface area contributed by atoms with Crippen molar-refractivity contribution >= 4 is 39.8 Å². The van der Waals surface area contributed by atoms with E-state index in [2.05, 4.69) is 16.3 Å². The molecule has 2 aliphatic rings. The molecule has 0 amide bonds. The third-order valence-corrected chi connectivity index (χ3v) is 8.71. The van der Waals surface area contributed by atoms with E-state index in [-0.39, 0.29) is 28.7 Å². The molecule has 1 atom stereocenters. The van der Waals surface area contributed by atoms with Crippen molar-refractivity contribution in [3.63, 3.8) is 0 Å². The number of Topliss-reactive ketones (excluding diaryl/α,β-unsaturated/α-hetero) is 2. The Morgan fingerprint density at radius 1 is 1.15 bits per heavy atom. The number of ketones is 2. The summed E-state index contributed by atoms with van der Waals surface area (Å²) in [6, 6.07) is 16.5. The topological polar surface area (TPSA) is 131 Å². The smallest absolute Gasteiger partial charge is 0.219 e. The number of ether oxygens (including phenoxy) is 2. The molecule has 2 N–H and O–H groups in total. The summed E-state index contributed by atoms with van der Waals surface area (Å²) in [6.07, 6.45) is 1.68. The Hall–Kier alpha value is -4.14. The molecule has 198 valence electrons. The molecule has 1 aliphatic heterocycles. The second-order valence-corrected chi connectivity index (χ2v) is 11.1. The molecule has 9 nitrogen and oxygen atoms in total. The molecule has 11 heteroatoms. The number of carbonyl (C=O) groups is 2. The molecule has 5 rings (SSSR count). The fourth-order valence-electron chi connectivity index (χ4n) is 4.80. The summed E-state index contributed by atoms with van der Waals surface area (Å²) in [5, 5.41) is 19.2. The van der Waals surface area contributed by atoms with Gasteiger partial charge in [-0.3, -0.25) is 14.5 Å². The molecular weight excluding hydrogens is 534 g/mol.